The number of rotatable bonds is 9. The van der Waals surface area contributed by atoms with E-state index in [1.165, 1.54) is 11.8 Å². The van der Waals surface area contributed by atoms with Crippen molar-refractivity contribution in [3.8, 4) is 17.1 Å². The van der Waals surface area contributed by atoms with Crippen LogP contribution in [-0.2, 0) is 11.3 Å². The van der Waals surface area contributed by atoms with Crippen LogP contribution in [0, 0.1) is 0 Å². The molecule has 1 heterocycles. The second kappa shape index (κ2) is 9.27. The molecule has 7 heteroatoms. The fourth-order valence-corrected chi connectivity index (χ4v) is 3.03. The number of para-hydroxylation sites is 1. The number of methoxy groups -OCH3 is 1. The van der Waals surface area contributed by atoms with Crippen molar-refractivity contribution >= 4 is 17.7 Å². The number of benzene rings is 1. The molecule has 0 spiro atoms. The van der Waals surface area contributed by atoms with E-state index in [0.29, 0.717) is 23.3 Å². The molecule has 2 aromatic rings. The second-order valence-corrected chi connectivity index (χ2v) is 6.51. The van der Waals surface area contributed by atoms with Crippen molar-refractivity contribution in [3.63, 3.8) is 0 Å². The SMILES string of the molecule is C=CCn1c(SCC(=O)NC(C)CC)nnc1-c1ccccc1OC. The average Bonchev–Trinajstić information content (AvgIpc) is 3.02. The number of amides is 1. The summed E-state index contributed by atoms with van der Waals surface area (Å²) in [6.45, 7) is 8.38. The quantitative estimate of drug-likeness (QED) is 0.549. The van der Waals surface area contributed by atoms with Crippen molar-refractivity contribution in [2.45, 2.75) is 38.0 Å². The maximum absolute atomic E-state index is 12.0. The summed E-state index contributed by atoms with van der Waals surface area (Å²) in [7, 11) is 1.63. The highest BCUT2D eigenvalue weighted by molar-refractivity contribution is 7.99. The van der Waals surface area contributed by atoms with Crippen LogP contribution >= 0.6 is 11.8 Å². The van der Waals surface area contributed by atoms with Gasteiger partial charge in [0.2, 0.25) is 5.91 Å². The van der Waals surface area contributed by atoms with E-state index in [9.17, 15) is 4.79 Å². The van der Waals surface area contributed by atoms with Gasteiger partial charge in [-0.2, -0.15) is 0 Å². The summed E-state index contributed by atoms with van der Waals surface area (Å²) in [5.41, 5.74) is 0.857. The highest BCUT2D eigenvalue weighted by Gasteiger charge is 2.17. The lowest BCUT2D eigenvalue weighted by Gasteiger charge is -2.12. The second-order valence-electron chi connectivity index (χ2n) is 5.57. The summed E-state index contributed by atoms with van der Waals surface area (Å²) in [4.78, 5) is 12.0. The monoisotopic (exact) mass is 360 g/mol. The van der Waals surface area contributed by atoms with Crippen LogP contribution in [-0.4, -0.2) is 39.6 Å². The number of allylic oxidation sites excluding steroid dienone is 1. The largest absolute Gasteiger partial charge is 0.496 e. The Morgan fingerprint density at radius 3 is 2.88 bits per heavy atom. The molecule has 1 aromatic carbocycles. The van der Waals surface area contributed by atoms with Gasteiger partial charge in [0.25, 0.3) is 0 Å². The predicted octanol–water partition coefficient (Wildman–Crippen LogP) is 3.15. The van der Waals surface area contributed by atoms with Gasteiger partial charge in [-0.3, -0.25) is 9.36 Å². The Kier molecular flexibility index (Phi) is 7.06. The van der Waals surface area contributed by atoms with E-state index in [0.717, 1.165) is 17.7 Å². The van der Waals surface area contributed by atoms with E-state index in [2.05, 4.69) is 22.1 Å². The standard InChI is InChI=1S/C18H24N4O2S/c1-5-11-22-17(14-9-7-8-10-15(14)24-4)20-21-18(22)25-12-16(23)19-13(3)6-2/h5,7-10,13H,1,6,11-12H2,2-4H3,(H,19,23). The van der Waals surface area contributed by atoms with E-state index >= 15 is 0 Å². The van der Waals surface area contributed by atoms with Crippen molar-refractivity contribution < 1.29 is 9.53 Å². The lowest BCUT2D eigenvalue weighted by molar-refractivity contribution is -0.119. The first-order chi connectivity index (χ1) is 12.1. The van der Waals surface area contributed by atoms with Crippen LogP contribution in [0.4, 0.5) is 0 Å². The Morgan fingerprint density at radius 1 is 1.44 bits per heavy atom. The number of carbonyl (C=O) groups is 1. The van der Waals surface area contributed by atoms with Crippen molar-refractivity contribution in [1.29, 1.82) is 0 Å². The molecular weight excluding hydrogens is 336 g/mol. The summed E-state index contributed by atoms with van der Waals surface area (Å²) in [5.74, 6) is 1.71. The number of hydrogen-bond acceptors (Lipinski definition) is 5. The molecule has 134 valence electrons. The van der Waals surface area contributed by atoms with Gasteiger partial charge < -0.3 is 10.1 Å². The fraction of sp³-hybridized carbons (Fsp3) is 0.389. The summed E-state index contributed by atoms with van der Waals surface area (Å²) in [6, 6.07) is 7.83. The maximum atomic E-state index is 12.0. The zero-order valence-electron chi connectivity index (χ0n) is 14.9. The van der Waals surface area contributed by atoms with Gasteiger partial charge in [-0.25, -0.2) is 0 Å². The molecule has 1 aromatic heterocycles. The minimum Gasteiger partial charge on any atom is -0.496 e. The summed E-state index contributed by atoms with van der Waals surface area (Å²) in [6.07, 6.45) is 2.69. The minimum absolute atomic E-state index is 0.00801. The van der Waals surface area contributed by atoms with Crippen LogP contribution in [0.2, 0.25) is 0 Å². The van der Waals surface area contributed by atoms with E-state index < -0.39 is 0 Å². The molecule has 0 saturated heterocycles. The Bertz CT molecular complexity index is 730. The number of carbonyl (C=O) groups excluding carboxylic acids is 1. The number of aromatic nitrogens is 3. The van der Waals surface area contributed by atoms with Crippen LogP contribution in [0.5, 0.6) is 5.75 Å². The van der Waals surface area contributed by atoms with Crippen LogP contribution in [0.25, 0.3) is 11.4 Å². The lowest BCUT2D eigenvalue weighted by Crippen LogP contribution is -2.33. The molecule has 2 rings (SSSR count). The average molecular weight is 360 g/mol. The summed E-state index contributed by atoms with van der Waals surface area (Å²) in [5, 5.41) is 12.2. The number of nitrogens with one attached hydrogen (secondary N) is 1. The lowest BCUT2D eigenvalue weighted by atomic mass is 10.2. The molecule has 1 N–H and O–H groups in total. The minimum atomic E-state index is -0.00801. The normalized spacial score (nSPS) is 11.8. The van der Waals surface area contributed by atoms with Gasteiger partial charge in [-0.05, 0) is 25.5 Å². The Labute approximate surface area is 152 Å². The van der Waals surface area contributed by atoms with Crippen molar-refractivity contribution in [3.05, 3.63) is 36.9 Å². The van der Waals surface area contributed by atoms with Gasteiger partial charge >= 0.3 is 0 Å². The summed E-state index contributed by atoms with van der Waals surface area (Å²) < 4.78 is 7.36. The topological polar surface area (TPSA) is 69.0 Å². The molecule has 25 heavy (non-hydrogen) atoms. The van der Waals surface area contributed by atoms with E-state index in [1.807, 2.05) is 42.7 Å². The van der Waals surface area contributed by atoms with Gasteiger partial charge in [0.05, 0.1) is 18.4 Å². The number of hydrogen-bond donors (Lipinski definition) is 1. The molecule has 0 bridgehead atoms. The highest BCUT2D eigenvalue weighted by Crippen LogP contribution is 2.30. The fourth-order valence-electron chi connectivity index (χ4n) is 2.27. The Hall–Kier alpha value is -2.28. The molecule has 0 aliphatic heterocycles. The molecule has 0 radical (unpaired) electrons. The number of nitrogens with zero attached hydrogens (tertiary/aromatic N) is 3. The first-order valence-electron chi connectivity index (χ1n) is 8.20. The third-order valence-electron chi connectivity index (χ3n) is 3.73. The number of ether oxygens (including phenoxy) is 1. The highest BCUT2D eigenvalue weighted by atomic mass is 32.2. The van der Waals surface area contributed by atoms with E-state index in [4.69, 9.17) is 4.74 Å². The molecule has 1 amide bonds. The Balaban J connectivity index is 2.22. The predicted molar refractivity (Wildman–Crippen MR) is 101 cm³/mol. The third-order valence-corrected chi connectivity index (χ3v) is 4.70. The molecule has 1 atom stereocenters. The van der Waals surface area contributed by atoms with E-state index in [1.54, 1.807) is 13.2 Å². The van der Waals surface area contributed by atoms with Crippen LogP contribution in [0.15, 0.2) is 42.1 Å². The molecule has 0 aliphatic carbocycles. The first kappa shape index (κ1) is 19.1. The first-order valence-corrected chi connectivity index (χ1v) is 9.18. The van der Waals surface area contributed by atoms with Gasteiger partial charge in [-0.15, -0.1) is 16.8 Å². The molecule has 6 nitrogen and oxygen atoms in total. The van der Waals surface area contributed by atoms with Gasteiger partial charge in [-0.1, -0.05) is 36.9 Å². The van der Waals surface area contributed by atoms with Gasteiger partial charge in [0, 0.05) is 12.6 Å². The van der Waals surface area contributed by atoms with Crippen LogP contribution in [0.3, 0.4) is 0 Å². The molecular formula is C18H24N4O2S. The van der Waals surface area contributed by atoms with E-state index in [-0.39, 0.29) is 11.9 Å². The van der Waals surface area contributed by atoms with Crippen molar-refractivity contribution in [1.82, 2.24) is 20.1 Å². The van der Waals surface area contributed by atoms with Gasteiger partial charge in [0.1, 0.15) is 5.75 Å². The van der Waals surface area contributed by atoms with Crippen molar-refractivity contribution in [2.75, 3.05) is 12.9 Å². The molecule has 0 fully saturated rings. The zero-order chi connectivity index (χ0) is 18.2. The molecule has 0 aliphatic rings. The van der Waals surface area contributed by atoms with Gasteiger partial charge in [0.15, 0.2) is 11.0 Å². The maximum Gasteiger partial charge on any atom is 0.230 e. The zero-order valence-corrected chi connectivity index (χ0v) is 15.7. The van der Waals surface area contributed by atoms with Crippen LogP contribution in [0.1, 0.15) is 20.3 Å². The summed E-state index contributed by atoms with van der Waals surface area (Å²) >= 11 is 1.37. The Morgan fingerprint density at radius 2 is 2.20 bits per heavy atom. The molecule has 0 saturated carbocycles. The number of thioether (sulfide) groups is 1. The molecule has 1 unspecified atom stereocenters. The third kappa shape index (κ3) is 4.85. The smallest absolute Gasteiger partial charge is 0.230 e. The van der Waals surface area contributed by atoms with Crippen LogP contribution < -0.4 is 10.1 Å². The van der Waals surface area contributed by atoms with Crippen molar-refractivity contribution in [2.24, 2.45) is 0 Å².